The smallest absolute Gasteiger partial charge is 0.255 e. The van der Waals surface area contributed by atoms with E-state index < -0.39 is 23.2 Å². The Morgan fingerprint density at radius 3 is 2.00 bits per heavy atom. The Balaban J connectivity index is 2.32. The van der Waals surface area contributed by atoms with Gasteiger partial charge in [-0.05, 0) is 38.1 Å². The maximum atomic E-state index is 13.7. The van der Waals surface area contributed by atoms with Gasteiger partial charge in [-0.15, -0.1) is 0 Å². The van der Waals surface area contributed by atoms with Crippen molar-refractivity contribution < 1.29 is 13.6 Å². The van der Waals surface area contributed by atoms with Gasteiger partial charge in [-0.2, -0.15) is 0 Å². The zero-order valence-electron chi connectivity index (χ0n) is 10.9. The van der Waals surface area contributed by atoms with E-state index in [9.17, 15) is 13.6 Å². The molecule has 0 bridgehead atoms. The highest BCUT2D eigenvalue weighted by atomic mass is 79.9. The van der Waals surface area contributed by atoms with Crippen molar-refractivity contribution in [2.24, 2.45) is 0 Å². The number of amides is 1. The molecule has 1 N–H and O–H groups in total. The molecule has 20 heavy (non-hydrogen) atoms. The third-order valence-electron chi connectivity index (χ3n) is 2.73. The highest BCUT2D eigenvalue weighted by Gasteiger charge is 2.15. The summed E-state index contributed by atoms with van der Waals surface area (Å²) in [4.78, 5) is 12.1. The van der Waals surface area contributed by atoms with Gasteiger partial charge >= 0.3 is 0 Å². The fraction of sp³-hybridized carbons (Fsp3) is 0.133. The van der Waals surface area contributed by atoms with Crippen LogP contribution < -0.4 is 5.32 Å². The van der Waals surface area contributed by atoms with Gasteiger partial charge in [-0.3, -0.25) is 4.79 Å². The summed E-state index contributed by atoms with van der Waals surface area (Å²) in [6.45, 7) is 3.70. The highest BCUT2D eigenvalue weighted by molar-refractivity contribution is 9.10. The summed E-state index contributed by atoms with van der Waals surface area (Å²) in [6, 6.07) is 7.44. The summed E-state index contributed by atoms with van der Waals surface area (Å²) >= 11 is 2.98. The topological polar surface area (TPSA) is 29.1 Å². The van der Waals surface area contributed by atoms with Gasteiger partial charge in [0, 0.05) is 10.0 Å². The average molecular weight is 340 g/mol. The second kappa shape index (κ2) is 5.71. The summed E-state index contributed by atoms with van der Waals surface area (Å²) in [5.41, 5.74) is 1.74. The van der Waals surface area contributed by atoms with E-state index in [4.69, 9.17) is 0 Å². The maximum Gasteiger partial charge on any atom is 0.255 e. The Morgan fingerprint density at radius 1 is 1.00 bits per heavy atom. The Labute approximate surface area is 123 Å². The van der Waals surface area contributed by atoms with E-state index in [-0.39, 0.29) is 4.47 Å². The lowest BCUT2D eigenvalue weighted by molar-refractivity contribution is 0.102. The lowest BCUT2D eigenvalue weighted by atomic mass is 10.1. The Bertz CT molecular complexity index is 642. The molecule has 2 rings (SSSR count). The molecule has 0 aliphatic rings. The number of carbonyl (C=O) groups is 1. The van der Waals surface area contributed by atoms with Crippen LogP contribution >= 0.6 is 15.9 Å². The zero-order chi connectivity index (χ0) is 14.9. The molecule has 0 aliphatic carbocycles. The number of hydrogen-bond acceptors (Lipinski definition) is 1. The number of halogens is 3. The van der Waals surface area contributed by atoms with E-state index in [1.54, 1.807) is 12.1 Å². The fourth-order valence-corrected chi connectivity index (χ4v) is 2.36. The van der Waals surface area contributed by atoms with Crippen molar-refractivity contribution in [3.8, 4) is 0 Å². The van der Waals surface area contributed by atoms with Gasteiger partial charge < -0.3 is 5.32 Å². The van der Waals surface area contributed by atoms with Crippen molar-refractivity contribution >= 4 is 27.5 Å². The Hall–Kier alpha value is -1.75. The summed E-state index contributed by atoms with van der Waals surface area (Å²) in [5.74, 6) is -2.19. The molecule has 0 aromatic heterocycles. The molecule has 0 aliphatic heterocycles. The molecule has 0 atom stereocenters. The molecule has 5 heteroatoms. The molecule has 2 aromatic carbocycles. The quantitative estimate of drug-likeness (QED) is 0.851. The van der Waals surface area contributed by atoms with E-state index >= 15 is 0 Å². The molecule has 0 unspecified atom stereocenters. The first kappa shape index (κ1) is 14.7. The van der Waals surface area contributed by atoms with E-state index in [0.29, 0.717) is 5.56 Å². The number of aryl methyl sites for hydroxylation is 2. The molecule has 0 spiro atoms. The van der Waals surface area contributed by atoms with Crippen LogP contribution in [0.3, 0.4) is 0 Å². The molecule has 0 radical (unpaired) electrons. The van der Waals surface area contributed by atoms with Gasteiger partial charge in [0.2, 0.25) is 0 Å². The predicted octanol–water partition coefficient (Wildman–Crippen LogP) is 4.60. The lowest BCUT2D eigenvalue weighted by Crippen LogP contribution is -2.14. The normalized spacial score (nSPS) is 10.4. The third-order valence-corrected chi connectivity index (χ3v) is 3.19. The predicted molar refractivity (Wildman–Crippen MR) is 77.9 cm³/mol. The van der Waals surface area contributed by atoms with Crippen molar-refractivity contribution in [2.75, 3.05) is 5.32 Å². The highest BCUT2D eigenvalue weighted by Crippen LogP contribution is 2.24. The largest absolute Gasteiger partial charge is 0.317 e. The van der Waals surface area contributed by atoms with E-state index in [2.05, 4.69) is 21.2 Å². The minimum absolute atomic E-state index is 0.275. The number of hydrogen-bond donors (Lipinski definition) is 1. The van der Waals surface area contributed by atoms with Crippen molar-refractivity contribution in [1.29, 1.82) is 0 Å². The summed E-state index contributed by atoms with van der Waals surface area (Å²) in [5, 5.41) is 2.27. The first-order valence-corrected chi connectivity index (χ1v) is 6.70. The summed E-state index contributed by atoms with van der Waals surface area (Å²) in [7, 11) is 0. The molecule has 0 heterocycles. The molecule has 1 amide bonds. The first-order chi connectivity index (χ1) is 9.36. The van der Waals surface area contributed by atoms with Crippen molar-refractivity contribution in [3.63, 3.8) is 0 Å². The van der Waals surface area contributed by atoms with Gasteiger partial charge in [0.25, 0.3) is 5.91 Å². The molecule has 2 nitrogen and oxygen atoms in total. The van der Waals surface area contributed by atoms with Crippen LogP contribution in [0.1, 0.15) is 21.5 Å². The fourth-order valence-electron chi connectivity index (χ4n) is 1.95. The molecular formula is C15H12BrF2NO. The molecular weight excluding hydrogens is 328 g/mol. The monoisotopic (exact) mass is 339 g/mol. The van der Waals surface area contributed by atoms with Crippen molar-refractivity contribution in [2.45, 2.75) is 13.8 Å². The minimum Gasteiger partial charge on any atom is -0.317 e. The van der Waals surface area contributed by atoms with Crippen LogP contribution in [0.4, 0.5) is 14.5 Å². The van der Waals surface area contributed by atoms with Gasteiger partial charge in [-0.1, -0.05) is 33.1 Å². The molecule has 2 aromatic rings. The van der Waals surface area contributed by atoms with E-state index in [1.807, 2.05) is 19.9 Å². The van der Waals surface area contributed by atoms with Crippen LogP contribution in [0.2, 0.25) is 0 Å². The number of carbonyl (C=O) groups excluding carboxylic acids is 1. The Morgan fingerprint density at radius 2 is 1.50 bits per heavy atom. The van der Waals surface area contributed by atoms with E-state index in [0.717, 1.165) is 23.3 Å². The van der Waals surface area contributed by atoms with Gasteiger partial charge in [0.05, 0.1) is 0 Å². The first-order valence-electron chi connectivity index (χ1n) is 5.91. The van der Waals surface area contributed by atoms with Crippen LogP contribution in [-0.4, -0.2) is 5.91 Å². The van der Waals surface area contributed by atoms with Crippen LogP contribution in [0.25, 0.3) is 0 Å². The molecule has 104 valence electrons. The number of benzene rings is 2. The maximum absolute atomic E-state index is 13.7. The van der Waals surface area contributed by atoms with Crippen LogP contribution in [-0.2, 0) is 0 Å². The van der Waals surface area contributed by atoms with E-state index in [1.165, 1.54) is 0 Å². The number of anilines is 1. The second-order valence-corrected chi connectivity index (χ2v) is 5.49. The minimum atomic E-state index is -0.824. The van der Waals surface area contributed by atoms with Crippen LogP contribution in [0.15, 0.2) is 34.8 Å². The number of rotatable bonds is 2. The van der Waals surface area contributed by atoms with Gasteiger partial charge in [0.15, 0.2) is 11.6 Å². The van der Waals surface area contributed by atoms with Crippen molar-refractivity contribution in [3.05, 3.63) is 63.1 Å². The standard InChI is InChI=1S/C15H12BrF2NO/c1-8-3-9(2)5-10(4-8)15(20)19-14-12(17)6-11(16)7-13(14)18/h3-7H,1-2H3,(H,19,20). The lowest BCUT2D eigenvalue weighted by Gasteiger charge is -2.09. The molecule has 0 fully saturated rings. The van der Waals surface area contributed by atoms with Crippen molar-refractivity contribution in [1.82, 2.24) is 0 Å². The van der Waals surface area contributed by atoms with Gasteiger partial charge in [-0.25, -0.2) is 8.78 Å². The number of nitrogens with one attached hydrogen (secondary N) is 1. The molecule has 0 saturated heterocycles. The SMILES string of the molecule is Cc1cc(C)cc(C(=O)Nc2c(F)cc(Br)cc2F)c1. The van der Waals surface area contributed by atoms with Gasteiger partial charge in [0.1, 0.15) is 5.69 Å². The summed E-state index contributed by atoms with van der Waals surface area (Å²) < 4.78 is 27.6. The zero-order valence-corrected chi connectivity index (χ0v) is 12.5. The van der Waals surface area contributed by atoms with Crippen LogP contribution in [0, 0.1) is 25.5 Å². The van der Waals surface area contributed by atoms with Crippen LogP contribution in [0.5, 0.6) is 0 Å². The molecule has 0 saturated carbocycles. The summed E-state index contributed by atoms with van der Waals surface area (Å²) in [6.07, 6.45) is 0. The second-order valence-electron chi connectivity index (χ2n) is 4.57. The third kappa shape index (κ3) is 3.22. The average Bonchev–Trinajstić information content (AvgIpc) is 2.32. The Kier molecular flexibility index (Phi) is 4.18.